The predicted molar refractivity (Wildman–Crippen MR) is 108 cm³/mol. The third-order valence-corrected chi connectivity index (χ3v) is 5.99. The van der Waals surface area contributed by atoms with Crippen LogP contribution in [0.4, 0.5) is 22.0 Å². The molecular weight excluding hydrogens is 415 g/mol. The zero-order chi connectivity index (χ0) is 22.6. The summed E-state index contributed by atoms with van der Waals surface area (Å²) in [6, 6.07) is 7.57. The molecule has 0 spiro atoms. The zero-order valence-electron chi connectivity index (χ0n) is 17.1. The van der Waals surface area contributed by atoms with Gasteiger partial charge in [-0.15, -0.1) is 0 Å². The Kier molecular flexibility index (Phi) is 7.34. The maximum atomic E-state index is 13.4. The van der Waals surface area contributed by atoms with Crippen molar-refractivity contribution in [1.29, 1.82) is 0 Å². The van der Waals surface area contributed by atoms with Crippen LogP contribution in [0.5, 0.6) is 0 Å². The molecule has 0 heterocycles. The van der Waals surface area contributed by atoms with Crippen LogP contribution in [0.2, 0.25) is 0 Å². The zero-order valence-corrected chi connectivity index (χ0v) is 17.1. The van der Waals surface area contributed by atoms with Gasteiger partial charge < -0.3 is 16.2 Å². The van der Waals surface area contributed by atoms with Crippen LogP contribution in [-0.2, 0) is 18.1 Å². The summed E-state index contributed by atoms with van der Waals surface area (Å²) in [4.78, 5) is 0. The first-order valence-electron chi connectivity index (χ1n) is 10.4. The van der Waals surface area contributed by atoms with Crippen LogP contribution >= 0.6 is 0 Å². The molecule has 0 aliphatic heterocycles. The van der Waals surface area contributed by atoms with Gasteiger partial charge in [-0.1, -0.05) is 31.4 Å². The molecule has 0 unspecified atom stereocenters. The van der Waals surface area contributed by atoms with Gasteiger partial charge in [-0.25, -0.2) is 8.78 Å². The minimum absolute atomic E-state index is 0.0508. The minimum Gasteiger partial charge on any atom is -0.390 e. The topological polar surface area (TPSA) is 58.3 Å². The third kappa shape index (κ3) is 6.02. The SMILES string of the molecule is N[C@@H](Cc1cc(F)cc(F)c1)[C@H](O)CNC1(c2cccc(C(F)(F)F)c2)CCCCC1. The number of halogens is 5. The second-order valence-electron chi connectivity index (χ2n) is 8.32. The Morgan fingerprint density at radius 1 is 1.00 bits per heavy atom. The molecule has 8 heteroatoms. The van der Waals surface area contributed by atoms with Gasteiger partial charge in [0.1, 0.15) is 11.6 Å². The second kappa shape index (κ2) is 9.63. The number of nitrogens with one attached hydrogen (secondary N) is 1. The van der Waals surface area contributed by atoms with E-state index >= 15 is 0 Å². The van der Waals surface area contributed by atoms with Crippen LogP contribution in [0.15, 0.2) is 42.5 Å². The third-order valence-electron chi connectivity index (χ3n) is 5.99. The van der Waals surface area contributed by atoms with E-state index in [1.165, 1.54) is 12.1 Å². The van der Waals surface area contributed by atoms with E-state index in [1.54, 1.807) is 6.07 Å². The summed E-state index contributed by atoms with van der Waals surface area (Å²) in [6.07, 6.45) is -1.42. The molecule has 0 amide bonds. The van der Waals surface area contributed by atoms with Gasteiger partial charge in [-0.05, 0) is 54.7 Å². The number of aliphatic hydroxyl groups is 1. The van der Waals surface area contributed by atoms with E-state index in [1.807, 2.05) is 0 Å². The first-order chi connectivity index (χ1) is 14.6. The molecule has 1 fully saturated rings. The lowest BCUT2D eigenvalue weighted by Crippen LogP contribution is -2.51. The van der Waals surface area contributed by atoms with Crippen molar-refractivity contribution >= 4 is 0 Å². The fraction of sp³-hybridized carbons (Fsp3) is 0.478. The van der Waals surface area contributed by atoms with Gasteiger partial charge in [-0.3, -0.25) is 0 Å². The molecule has 1 saturated carbocycles. The number of hydrogen-bond acceptors (Lipinski definition) is 3. The molecule has 3 nitrogen and oxygen atoms in total. The van der Waals surface area contributed by atoms with E-state index in [4.69, 9.17) is 5.73 Å². The van der Waals surface area contributed by atoms with Crippen LogP contribution in [0.3, 0.4) is 0 Å². The van der Waals surface area contributed by atoms with Crippen molar-refractivity contribution in [3.63, 3.8) is 0 Å². The maximum Gasteiger partial charge on any atom is 0.416 e. The largest absolute Gasteiger partial charge is 0.416 e. The molecule has 0 saturated heterocycles. The first-order valence-corrected chi connectivity index (χ1v) is 10.4. The summed E-state index contributed by atoms with van der Waals surface area (Å²) in [5.41, 5.74) is 5.51. The Morgan fingerprint density at radius 2 is 1.65 bits per heavy atom. The van der Waals surface area contributed by atoms with Crippen LogP contribution in [0.1, 0.15) is 48.8 Å². The van der Waals surface area contributed by atoms with Gasteiger partial charge >= 0.3 is 6.18 Å². The van der Waals surface area contributed by atoms with Crippen molar-refractivity contribution in [2.75, 3.05) is 6.54 Å². The van der Waals surface area contributed by atoms with Crippen molar-refractivity contribution in [3.05, 3.63) is 70.8 Å². The fourth-order valence-corrected chi connectivity index (χ4v) is 4.30. The fourth-order valence-electron chi connectivity index (χ4n) is 4.30. The summed E-state index contributed by atoms with van der Waals surface area (Å²) in [7, 11) is 0. The standard InChI is InChI=1S/C23H27F5N2O/c24-18-9-15(10-19(25)13-18)11-20(29)21(31)14-30-22(7-2-1-3-8-22)16-5-4-6-17(12-16)23(26,27)28/h4-6,9-10,12-13,20-21,30-31H,1-3,7-8,11,14,29H2/t20-,21+/m0/s1. The van der Waals surface area contributed by atoms with Crippen molar-refractivity contribution in [2.24, 2.45) is 5.73 Å². The molecule has 4 N–H and O–H groups in total. The molecule has 170 valence electrons. The summed E-state index contributed by atoms with van der Waals surface area (Å²) in [5.74, 6) is -1.44. The number of nitrogens with two attached hydrogens (primary N) is 1. The lowest BCUT2D eigenvalue weighted by atomic mass is 9.76. The highest BCUT2D eigenvalue weighted by atomic mass is 19.4. The molecule has 0 aromatic heterocycles. The minimum atomic E-state index is -4.44. The van der Waals surface area contributed by atoms with E-state index < -0.39 is 41.1 Å². The molecule has 0 radical (unpaired) electrons. The number of hydrogen-bond donors (Lipinski definition) is 3. The quantitative estimate of drug-likeness (QED) is 0.547. The number of alkyl halides is 3. The summed E-state index contributed by atoms with van der Waals surface area (Å²) >= 11 is 0. The molecule has 0 bridgehead atoms. The van der Waals surface area contributed by atoms with E-state index in [0.29, 0.717) is 24.0 Å². The molecule has 1 aliphatic carbocycles. The Hall–Kier alpha value is -2.03. The smallest absolute Gasteiger partial charge is 0.390 e. The van der Waals surface area contributed by atoms with Crippen LogP contribution in [-0.4, -0.2) is 23.8 Å². The van der Waals surface area contributed by atoms with Crippen LogP contribution in [0, 0.1) is 11.6 Å². The van der Waals surface area contributed by atoms with E-state index in [-0.39, 0.29) is 13.0 Å². The average Bonchev–Trinajstić information content (AvgIpc) is 2.71. The van der Waals surface area contributed by atoms with Crippen LogP contribution < -0.4 is 11.1 Å². The Bertz CT molecular complexity index is 860. The van der Waals surface area contributed by atoms with Crippen molar-refractivity contribution in [2.45, 2.75) is 62.4 Å². The van der Waals surface area contributed by atoms with Crippen LogP contribution in [0.25, 0.3) is 0 Å². The molecule has 1 aliphatic rings. The first kappa shape index (κ1) is 23.6. The van der Waals surface area contributed by atoms with Gasteiger partial charge in [-0.2, -0.15) is 13.2 Å². The van der Waals surface area contributed by atoms with Gasteiger partial charge in [0.2, 0.25) is 0 Å². The second-order valence-corrected chi connectivity index (χ2v) is 8.32. The average molecular weight is 442 g/mol. The highest BCUT2D eigenvalue weighted by molar-refractivity contribution is 5.32. The van der Waals surface area contributed by atoms with E-state index in [0.717, 1.165) is 43.5 Å². The summed E-state index contributed by atoms with van der Waals surface area (Å²) in [5, 5.41) is 13.8. The highest BCUT2D eigenvalue weighted by Gasteiger charge is 2.37. The molecule has 2 aromatic carbocycles. The lowest BCUT2D eigenvalue weighted by Gasteiger charge is -2.40. The molecular formula is C23H27F5N2O. The van der Waals surface area contributed by atoms with E-state index in [9.17, 15) is 27.1 Å². The number of rotatable bonds is 7. The van der Waals surface area contributed by atoms with Gasteiger partial charge in [0.25, 0.3) is 0 Å². The Morgan fingerprint density at radius 3 is 2.26 bits per heavy atom. The highest BCUT2D eigenvalue weighted by Crippen LogP contribution is 2.39. The Balaban J connectivity index is 1.72. The number of benzene rings is 2. The molecule has 2 aromatic rings. The lowest BCUT2D eigenvalue weighted by molar-refractivity contribution is -0.137. The van der Waals surface area contributed by atoms with Gasteiger partial charge in [0.05, 0.1) is 11.7 Å². The van der Waals surface area contributed by atoms with Crippen molar-refractivity contribution in [3.8, 4) is 0 Å². The summed E-state index contributed by atoms with van der Waals surface area (Å²) < 4.78 is 66.4. The molecule has 3 rings (SSSR count). The van der Waals surface area contributed by atoms with E-state index in [2.05, 4.69) is 5.32 Å². The monoisotopic (exact) mass is 442 g/mol. The predicted octanol–water partition coefficient (Wildman–Crippen LogP) is 4.66. The van der Waals surface area contributed by atoms with Gasteiger partial charge in [0.15, 0.2) is 0 Å². The molecule has 2 atom stereocenters. The van der Waals surface area contributed by atoms with Crippen molar-refractivity contribution < 1.29 is 27.1 Å². The van der Waals surface area contributed by atoms with Crippen molar-refractivity contribution in [1.82, 2.24) is 5.32 Å². The normalized spacial score (nSPS) is 18.5. The number of aliphatic hydroxyl groups excluding tert-OH is 1. The van der Waals surface area contributed by atoms with Gasteiger partial charge in [0, 0.05) is 24.2 Å². The maximum absolute atomic E-state index is 13.4. The molecule has 31 heavy (non-hydrogen) atoms. The Labute approximate surface area is 178 Å². The summed E-state index contributed by atoms with van der Waals surface area (Å²) in [6.45, 7) is 0.0508.